The fourth-order valence-corrected chi connectivity index (χ4v) is 4.26. The highest BCUT2D eigenvalue weighted by atomic mass is 14.9. The van der Waals surface area contributed by atoms with E-state index >= 15 is 0 Å². The van der Waals surface area contributed by atoms with Crippen LogP contribution in [0.5, 0.6) is 0 Å². The minimum atomic E-state index is 0.703. The maximum atomic E-state index is 5.05. The van der Waals surface area contributed by atoms with E-state index in [9.17, 15) is 0 Å². The number of hydrogen-bond acceptors (Lipinski definition) is 3. The maximum absolute atomic E-state index is 5.05. The van der Waals surface area contributed by atoms with Gasteiger partial charge in [-0.2, -0.15) is 0 Å². The molecule has 6 aromatic rings. The van der Waals surface area contributed by atoms with Gasteiger partial charge in [-0.05, 0) is 41.1 Å². The number of hydrogen-bond donors (Lipinski definition) is 0. The van der Waals surface area contributed by atoms with Crippen LogP contribution < -0.4 is 0 Å². The van der Waals surface area contributed by atoms with Crippen molar-refractivity contribution in [2.45, 2.75) is 0 Å². The standard InChI is InChI=1S/C31H21N3/c1-3-11-22(12-4-1)29-21-30(23-13-5-2-6-14-23)34-31(33-29)27-20-25(28-17-9-10-18-32-28)19-24-15-7-8-16-26(24)27/h1-21H. The summed E-state index contributed by atoms with van der Waals surface area (Å²) in [5.74, 6) is 0.703. The molecule has 0 N–H and O–H groups in total. The molecule has 6 rings (SSSR count). The molecule has 0 aliphatic carbocycles. The Labute approximate surface area is 198 Å². The lowest BCUT2D eigenvalue weighted by Crippen LogP contribution is -1.97. The first-order valence-corrected chi connectivity index (χ1v) is 11.3. The van der Waals surface area contributed by atoms with Crippen LogP contribution in [0.25, 0.3) is 55.9 Å². The van der Waals surface area contributed by atoms with Gasteiger partial charge in [0.15, 0.2) is 5.82 Å². The number of pyridine rings is 1. The van der Waals surface area contributed by atoms with Gasteiger partial charge in [-0.3, -0.25) is 4.98 Å². The van der Waals surface area contributed by atoms with Crippen molar-refractivity contribution in [1.82, 2.24) is 15.0 Å². The second-order valence-electron chi connectivity index (χ2n) is 8.15. The van der Waals surface area contributed by atoms with Gasteiger partial charge in [0.1, 0.15) is 0 Å². The van der Waals surface area contributed by atoms with Gasteiger partial charge in [0.25, 0.3) is 0 Å². The quantitative estimate of drug-likeness (QED) is 0.285. The third kappa shape index (κ3) is 3.84. The third-order valence-electron chi connectivity index (χ3n) is 5.93. The van der Waals surface area contributed by atoms with E-state index in [1.54, 1.807) is 0 Å². The summed E-state index contributed by atoms with van der Waals surface area (Å²) < 4.78 is 0. The Morgan fingerprint density at radius 2 is 1.06 bits per heavy atom. The Morgan fingerprint density at radius 1 is 0.441 bits per heavy atom. The highest BCUT2D eigenvalue weighted by molar-refractivity contribution is 5.98. The Morgan fingerprint density at radius 3 is 1.71 bits per heavy atom. The van der Waals surface area contributed by atoms with Crippen molar-refractivity contribution in [1.29, 1.82) is 0 Å². The normalized spacial score (nSPS) is 10.9. The average molecular weight is 436 g/mol. The Balaban J connectivity index is 1.63. The monoisotopic (exact) mass is 435 g/mol. The van der Waals surface area contributed by atoms with Crippen LogP contribution in [0.1, 0.15) is 0 Å². The van der Waals surface area contributed by atoms with Crippen LogP contribution in [-0.4, -0.2) is 15.0 Å². The van der Waals surface area contributed by atoms with Crippen LogP contribution in [0.4, 0.5) is 0 Å². The molecule has 0 radical (unpaired) electrons. The summed E-state index contributed by atoms with van der Waals surface area (Å²) in [6.45, 7) is 0. The van der Waals surface area contributed by atoms with Crippen molar-refractivity contribution in [3.8, 4) is 45.2 Å². The molecule has 160 valence electrons. The number of fused-ring (bicyclic) bond motifs is 1. The molecule has 0 atom stereocenters. The van der Waals surface area contributed by atoms with Gasteiger partial charge in [-0.1, -0.05) is 91.0 Å². The highest BCUT2D eigenvalue weighted by Crippen LogP contribution is 2.34. The number of aromatic nitrogens is 3. The van der Waals surface area contributed by atoms with Gasteiger partial charge in [-0.25, -0.2) is 9.97 Å². The van der Waals surface area contributed by atoms with Crippen molar-refractivity contribution in [3.05, 3.63) is 128 Å². The first-order valence-electron chi connectivity index (χ1n) is 11.3. The molecule has 0 saturated heterocycles. The molecule has 2 aromatic heterocycles. The van der Waals surface area contributed by atoms with Gasteiger partial charge in [0.2, 0.25) is 0 Å². The molecule has 0 saturated carbocycles. The van der Waals surface area contributed by atoms with Gasteiger partial charge >= 0.3 is 0 Å². The molecule has 4 aromatic carbocycles. The fourth-order valence-electron chi connectivity index (χ4n) is 4.26. The second-order valence-corrected chi connectivity index (χ2v) is 8.15. The summed E-state index contributed by atoms with van der Waals surface area (Å²) in [5.41, 5.74) is 6.89. The van der Waals surface area contributed by atoms with Crippen molar-refractivity contribution in [3.63, 3.8) is 0 Å². The predicted molar refractivity (Wildman–Crippen MR) is 139 cm³/mol. The smallest absolute Gasteiger partial charge is 0.161 e. The third-order valence-corrected chi connectivity index (χ3v) is 5.93. The van der Waals surface area contributed by atoms with E-state index in [0.29, 0.717) is 5.82 Å². The van der Waals surface area contributed by atoms with Crippen LogP contribution in [0, 0.1) is 0 Å². The number of benzene rings is 4. The minimum absolute atomic E-state index is 0.703. The van der Waals surface area contributed by atoms with Crippen molar-refractivity contribution < 1.29 is 0 Å². The largest absolute Gasteiger partial charge is 0.256 e. The topological polar surface area (TPSA) is 38.7 Å². The zero-order valence-electron chi connectivity index (χ0n) is 18.5. The maximum Gasteiger partial charge on any atom is 0.161 e. The number of rotatable bonds is 4. The molecule has 0 aliphatic rings. The van der Waals surface area contributed by atoms with E-state index < -0.39 is 0 Å². The van der Waals surface area contributed by atoms with Crippen LogP contribution in [0.2, 0.25) is 0 Å². The molecule has 0 amide bonds. The molecular weight excluding hydrogens is 414 g/mol. The molecule has 34 heavy (non-hydrogen) atoms. The first-order chi connectivity index (χ1) is 16.8. The first kappa shape index (κ1) is 20.0. The Kier molecular flexibility index (Phi) is 5.13. The summed E-state index contributed by atoms with van der Waals surface area (Å²) in [5, 5.41) is 2.25. The lowest BCUT2D eigenvalue weighted by Gasteiger charge is -2.13. The molecule has 2 heterocycles. The lowest BCUT2D eigenvalue weighted by molar-refractivity contribution is 1.19. The van der Waals surface area contributed by atoms with E-state index in [1.807, 2.05) is 60.8 Å². The van der Waals surface area contributed by atoms with Crippen LogP contribution in [-0.2, 0) is 0 Å². The SMILES string of the molecule is c1ccc(-c2cc(-c3ccccc3)nc(-c3cc(-c4ccccn4)cc4ccccc34)n2)cc1. The zero-order valence-corrected chi connectivity index (χ0v) is 18.5. The highest BCUT2D eigenvalue weighted by Gasteiger charge is 2.14. The van der Waals surface area contributed by atoms with Crippen molar-refractivity contribution in [2.24, 2.45) is 0 Å². The summed E-state index contributed by atoms with van der Waals surface area (Å²) in [6.07, 6.45) is 1.82. The molecular formula is C31H21N3. The van der Waals surface area contributed by atoms with Gasteiger partial charge in [0.05, 0.1) is 17.1 Å². The fraction of sp³-hybridized carbons (Fsp3) is 0. The predicted octanol–water partition coefficient (Wildman–Crippen LogP) is 7.69. The molecule has 0 unspecified atom stereocenters. The molecule has 0 spiro atoms. The zero-order chi connectivity index (χ0) is 22.7. The minimum Gasteiger partial charge on any atom is -0.256 e. The Hall–Kier alpha value is -4.63. The molecule has 3 nitrogen and oxygen atoms in total. The van der Waals surface area contributed by atoms with E-state index in [1.165, 1.54) is 0 Å². The summed E-state index contributed by atoms with van der Waals surface area (Å²) >= 11 is 0. The van der Waals surface area contributed by atoms with Crippen molar-refractivity contribution in [2.75, 3.05) is 0 Å². The van der Waals surface area contributed by atoms with Gasteiger partial charge < -0.3 is 0 Å². The number of nitrogens with zero attached hydrogens (tertiary/aromatic N) is 3. The Bertz CT molecular complexity index is 1520. The van der Waals surface area contributed by atoms with E-state index in [0.717, 1.165) is 50.1 Å². The van der Waals surface area contributed by atoms with Gasteiger partial charge in [0, 0.05) is 28.5 Å². The summed E-state index contributed by atoms with van der Waals surface area (Å²) in [6, 6.07) is 41.3. The molecule has 0 bridgehead atoms. The molecule has 0 fully saturated rings. The van der Waals surface area contributed by atoms with Crippen LogP contribution in [0.15, 0.2) is 128 Å². The van der Waals surface area contributed by atoms with E-state index in [4.69, 9.17) is 9.97 Å². The van der Waals surface area contributed by atoms with Crippen LogP contribution in [0.3, 0.4) is 0 Å². The lowest BCUT2D eigenvalue weighted by atomic mass is 9.98. The average Bonchev–Trinajstić information content (AvgIpc) is 2.93. The summed E-state index contributed by atoms with van der Waals surface area (Å²) in [7, 11) is 0. The van der Waals surface area contributed by atoms with Gasteiger partial charge in [-0.15, -0.1) is 0 Å². The van der Waals surface area contributed by atoms with E-state index in [-0.39, 0.29) is 0 Å². The molecule has 3 heteroatoms. The summed E-state index contributed by atoms with van der Waals surface area (Å²) in [4.78, 5) is 14.7. The van der Waals surface area contributed by atoms with Crippen LogP contribution >= 0.6 is 0 Å². The second kappa shape index (κ2) is 8.72. The van der Waals surface area contributed by atoms with E-state index in [2.05, 4.69) is 71.7 Å². The molecule has 0 aliphatic heterocycles. The van der Waals surface area contributed by atoms with Crippen molar-refractivity contribution >= 4 is 10.8 Å².